The van der Waals surface area contributed by atoms with E-state index in [9.17, 15) is 4.79 Å². The highest BCUT2D eigenvalue weighted by molar-refractivity contribution is 7.99. The van der Waals surface area contributed by atoms with Gasteiger partial charge in [0.05, 0.1) is 0 Å². The van der Waals surface area contributed by atoms with E-state index in [1.54, 1.807) is 0 Å². The van der Waals surface area contributed by atoms with Crippen molar-refractivity contribution in [2.24, 2.45) is 5.92 Å². The summed E-state index contributed by atoms with van der Waals surface area (Å²) in [6.07, 6.45) is 3.26. The molecule has 2 rings (SSSR count). The van der Waals surface area contributed by atoms with Crippen LogP contribution in [0, 0.1) is 5.92 Å². The van der Waals surface area contributed by atoms with Gasteiger partial charge in [-0.05, 0) is 43.2 Å². The number of hydrogen-bond donors (Lipinski definition) is 0. The van der Waals surface area contributed by atoms with Crippen LogP contribution in [0.3, 0.4) is 0 Å². The Kier molecular flexibility index (Phi) is 6.11. The quantitative estimate of drug-likeness (QED) is 0.581. The standard InChI is InChI=1S/C17H25NOS/c1-3-20-16-8-6-15(7-9-16)17(19)10-12-18-11-4-5-14(2)13-18/h6-9,14H,3-5,10-13H2,1-2H3. The molecule has 1 aliphatic heterocycles. The number of rotatable bonds is 6. The zero-order valence-corrected chi connectivity index (χ0v) is 13.4. The van der Waals surface area contributed by atoms with E-state index >= 15 is 0 Å². The summed E-state index contributed by atoms with van der Waals surface area (Å²) in [5.41, 5.74) is 0.857. The summed E-state index contributed by atoms with van der Waals surface area (Å²) < 4.78 is 0. The fraction of sp³-hybridized carbons (Fsp3) is 0.588. The molecule has 0 saturated carbocycles. The van der Waals surface area contributed by atoms with E-state index < -0.39 is 0 Å². The number of likely N-dealkylation sites (tertiary alicyclic amines) is 1. The van der Waals surface area contributed by atoms with Crippen LogP contribution in [0.25, 0.3) is 0 Å². The number of thioether (sulfide) groups is 1. The second-order valence-corrected chi connectivity index (χ2v) is 7.02. The first-order chi connectivity index (χ1) is 9.69. The van der Waals surface area contributed by atoms with Crippen molar-refractivity contribution in [3.05, 3.63) is 29.8 Å². The van der Waals surface area contributed by atoms with E-state index in [-0.39, 0.29) is 5.78 Å². The fourth-order valence-electron chi connectivity index (χ4n) is 2.80. The highest BCUT2D eigenvalue weighted by Crippen LogP contribution is 2.19. The first kappa shape index (κ1) is 15.6. The van der Waals surface area contributed by atoms with Gasteiger partial charge in [-0.3, -0.25) is 4.79 Å². The van der Waals surface area contributed by atoms with E-state index in [0.717, 1.165) is 36.9 Å². The lowest BCUT2D eigenvalue weighted by Crippen LogP contribution is -2.35. The van der Waals surface area contributed by atoms with Gasteiger partial charge in [0, 0.05) is 30.0 Å². The number of Topliss-reactive ketones (excluding diaryl/α,β-unsaturated/α-hetero) is 1. The Bertz CT molecular complexity index is 429. The van der Waals surface area contributed by atoms with E-state index in [4.69, 9.17) is 0 Å². The number of piperidine rings is 1. The van der Waals surface area contributed by atoms with E-state index in [2.05, 4.69) is 30.9 Å². The molecule has 1 unspecified atom stereocenters. The molecule has 0 aromatic heterocycles. The van der Waals surface area contributed by atoms with Gasteiger partial charge in [0.25, 0.3) is 0 Å². The van der Waals surface area contributed by atoms with Crippen molar-refractivity contribution in [1.82, 2.24) is 4.90 Å². The maximum Gasteiger partial charge on any atom is 0.164 e. The molecule has 0 aliphatic carbocycles. The maximum absolute atomic E-state index is 12.2. The second kappa shape index (κ2) is 7.84. The lowest BCUT2D eigenvalue weighted by atomic mass is 9.99. The molecule has 1 aliphatic rings. The molecule has 20 heavy (non-hydrogen) atoms. The zero-order valence-electron chi connectivity index (χ0n) is 12.6. The van der Waals surface area contributed by atoms with Crippen LogP contribution in [0.4, 0.5) is 0 Å². The first-order valence-corrected chi connectivity index (χ1v) is 8.66. The monoisotopic (exact) mass is 291 g/mol. The van der Waals surface area contributed by atoms with Crippen molar-refractivity contribution in [2.45, 2.75) is 38.0 Å². The topological polar surface area (TPSA) is 20.3 Å². The Balaban J connectivity index is 1.82. The van der Waals surface area contributed by atoms with E-state index in [1.165, 1.54) is 17.7 Å². The number of hydrogen-bond acceptors (Lipinski definition) is 3. The third kappa shape index (κ3) is 4.64. The lowest BCUT2D eigenvalue weighted by Gasteiger charge is -2.30. The molecule has 0 radical (unpaired) electrons. The van der Waals surface area contributed by atoms with E-state index in [1.807, 2.05) is 23.9 Å². The highest BCUT2D eigenvalue weighted by atomic mass is 32.2. The van der Waals surface area contributed by atoms with Crippen LogP contribution < -0.4 is 0 Å². The average Bonchev–Trinajstić information content (AvgIpc) is 2.46. The Morgan fingerprint density at radius 1 is 1.35 bits per heavy atom. The normalized spacial score (nSPS) is 20.0. The molecule has 1 aromatic carbocycles. The molecule has 0 bridgehead atoms. The van der Waals surface area contributed by atoms with Crippen LogP contribution in [0.1, 0.15) is 43.5 Å². The van der Waals surface area contributed by atoms with Crippen LogP contribution in [-0.4, -0.2) is 36.1 Å². The van der Waals surface area contributed by atoms with Gasteiger partial charge in [-0.2, -0.15) is 0 Å². The third-order valence-electron chi connectivity index (χ3n) is 3.88. The smallest absolute Gasteiger partial charge is 0.164 e. The van der Waals surface area contributed by atoms with Crippen LogP contribution in [0.5, 0.6) is 0 Å². The second-order valence-electron chi connectivity index (χ2n) is 5.68. The van der Waals surface area contributed by atoms with Gasteiger partial charge in [0.2, 0.25) is 0 Å². The fourth-order valence-corrected chi connectivity index (χ4v) is 3.46. The molecule has 0 N–H and O–H groups in total. The van der Waals surface area contributed by atoms with Gasteiger partial charge in [-0.15, -0.1) is 11.8 Å². The zero-order chi connectivity index (χ0) is 14.4. The SMILES string of the molecule is CCSc1ccc(C(=O)CCN2CCCC(C)C2)cc1. The van der Waals surface area contributed by atoms with Crippen molar-refractivity contribution >= 4 is 17.5 Å². The van der Waals surface area contributed by atoms with Crippen molar-refractivity contribution in [2.75, 3.05) is 25.4 Å². The minimum absolute atomic E-state index is 0.274. The van der Waals surface area contributed by atoms with Gasteiger partial charge in [-0.1, -0.05) is 26.0 Å². The van der Waals surface area contributed by atoms with Gasteiger partial charge < -0.3 is 4.90 Å². The minimum Gasteiger partial charge on any atom is -0.303 e. The number of carbonyl (C=O) groups excluding carboxylic acids is 1. The molecule has 1 atom stereocenters. The molecular formula is C17H25NOS. The molecular weight excluding hydrogens is 266 g/mol. The summed E-state index contributed by atoms with van der Waals surface area (Å²) >= 11 is 1.81. The summed E-state index contributed by atoms with van der Waals surface area (Å²) in [4.78, 5) is 15.9. The number of nitrogens with zero attached hydrogens (tertiary/aromatic N) is 1. The summed E-state index contributed by atoms with van der Waals surface area (Å²) in [6, 6.07) is 8.06. The van der Waals surface area contributed by atoms with Gasteiger partial charge in [-0.25, -0.2) is 0 Å². The Labute approximate surface area is 126 Å². The highest BCUT2D eigenvalue weighted by Gasteiger charge is 2.17. The number of ketones is 1. The number of carbonyl (C=O) groups is 1. The molecule has 0 amide bonds. The molecule has 3 heteroatoms. The molecule has 2 nitrogen and oxygen atoms in total. The van der Waals surface area contributed by atoms with Crippen molar-refractivity contribution in [3.63, 3.8) is 0 Å². The molecule has 110 valence electrons. The summed E-state index contributed by atoms with van der Waals surface area (Å²) in [6.45, 7) is 7.67. The lowest BCUT2D eigenvalue weighted by molar-refractivity contribution is 0.0949. The Morgan fingerprint density at radius 3 is 2.75 bits per heavy atom. The van der Waals surface area contributed by atoms with Crippen molar-refractivity contribution in [3.8, 4) is 0 Å². The van der Waals surface area contributed by atoms with Crippen LogP contribution in [0.15, 0.2) is 29.2 Å². The molecule has 1 aromatic rings. The number of benzene rings is 1. The molecule has 1 fully saturated rings. The Morgan fingerprint density at radius 2 is 2.10 bits per heavy atom. The first-order valence-electron chi connectivity index (χ1n) is 7.67. The van der Waals surface area contributed by atoms with Gasteiger partial charge in [0.15, 0.2) is 5.78 Å². The average molecular weight is 291 g/mol. The maximum atomic E-state index is 12.2. The summed E-state index contributed by atoms with van der Waals surface area (Å²) in [7, 11) is 0. The van der Waals surface area contributed by atoms with Crippen molar-refractivity contribution < 1.29 is 4.79 Å². The predicted octanol–water partition coefficient (Wildman–Crippen LogP) is 4.10. The minimum atomic E-state index is 0.274. The predicted molar refractivity (Wildman–Crippen MR) is 86.6 cm³/mol. The van der Waals surface area contributed by atoms with Gasteiger partial charge >= 0.3 is 0 Å². The third-order valence-corrected chi connectivity index (χ3v) is 4.78. The van der Waals surface area contributed by atoms with E-state index in [0.29, 0.717) is 6.42 Å². The summed E-state index contributed by atoms with van der Waals surface area (Å²) in [5.74, 6) is 2.13. The molecule has 1 saturated heterocycles. The van der Waals surface area contributed by atoms with Crippen LogP contribution in [0.2, 0.25) is 0 Å². The Hall–Kier alpha value is -0.800. The largest absolute Gasteiger partial charge is 0.303 e. The van der Waals surface area contributed by atoms with Crippen LogP contribution >= 0.6 is 11.8 Å². The van der Waals surface area contributed by atoms with Crippen molar-refractivity contribution in [1.29, 1.82) is 0 Å². The van der Waals surface area contributed by atoms with Crippen LogP contribution in [-0.2, 0) is 0 Å². The molecule has 0 spiro atoms. The molecule has 1 heterocycles. The van der Waals surface area contributed by atoms with Gasteiger partial charge in [0.1, 0.15) is 0 Å². The summed E-state index contributed by atoms with van der Waals surface area (Å²) in [5, 5.41) is 0.